The van der Waals surface area contributed by atoms with E-state index in [4.69, 9.17) is 4.74 Å². The van der Waals surface area contributed by atoms with Crippen molar-refractivity contribution in [2.24, 2.45) is 0 Å². The number of ether oxygens (including phenoxy) is 1. The van der Waals surface area contributed by atoms with Crippen LogP contribution in [0, 0.1) is 11.6 Å². The number of piperidine rings is 1. The van der Waals surface area contributed by atoms with Crippen molar-refractivity contribution in [2.45, 2.75) is 18.9 Å². The highest BCUT2D eigenvalue weighted by atomic mass is 35.5. The lowest BCUT2D eigenvalue weighted by molar-refractivity contribution is -0.134. The number of carbonyl (C=O) groups excluding carboxylic acids is 1. The van der Waals surface area contributed by atoms with Gasteiger partial charge in [-0.05, 0) is 38.1 Å². The van der Waals surface area contributed by atoms with Gasteiger partial charge in [-0.15, -0.1) is 12.4 Å². The monoisotopic (exact) mass is 320 g/mol. The largest absolute Gasteiger partial charge is 0.481 e. The van der Waals surface area contributed by atoms with Crippen molar-refractivity contribution >= 4 is 18.3 Å². The summed E-state index contributed by atoms with van der Waals surface area (Å²) in [6.07, 6.45) is 1.79. The highest BCUT2D eigenvalue weighted by molar-refractivity contribution is 5.85. The highest BCUT2D eigenvalue weighted by Gasteiger charge is 2.22. The molecule has 0 saturated carbocycles. The Bertz CT molecular complexity index is 482. The normalized spacial score (nSPS) is 15.2. The Kier molecular flexibility index (Phi) is 6.84. The predicted octanol–water partition coefficient (Wildman–Crippen LogP) is 1.98. The van der Waals surface area contributed by atoms with E-state index >= 15 is 0 Å². The van der Waals surface area contributed by atoms with Crippen molar-refractivity contribution in [3.05, 3.63) is 29.8 Å². The Balaban J connectivity index is 0.00000220. The van der Waals surface area contributed by atoms with Crippen LogP contribution in [0.1, 0.15) is 12.8 Å². The number of halogens is 3. The van der Waals surface area contributed by atoms with E-state index in [9.17, 15) is 13.6 Å². The first kappa shape index (κ1) is 17.7. The molecule has 0 aromatic heterocycles. The van der Waals surface area contributed by atoms with Gasteiger partial charge in [-0.25, -0.2) is 8.78 Å². The topological polar surface area (TPSA) is 41.6 Å². The zero-order valence-electron chi connectivity index (χ0n) is 11.8. The molecule has 1 aromatic carbocycles. The van der Waals surface area contributed by atoms with E-state index in [1.165, 1.54) is 6.07 Å². The second-order valence-electron chi connectivity index (χ2n) is 4.85. The minimum atomic E-state index is -0.803. The molecule has 1 aromatic rings. The van der Waals surface area contributed by atoms with Gasteiger partial charge in [-0.1, -0.05) is 0 Å². The number of nitrogens with one attached hydrogen (secondary N) is 1. The molecule has 0 aliphatic carbocycles. The number of hydrogen-bond donors (Lipinski definition) is 1. The van der Waals surface area contributed by atoms with Crippen LogP contribution in [0.5, 0.6) is 5.75 Å². The average molecular weight is 321 g/mol. The van der Waals surface area contributed by atoms with Gasteiger partial charge in [0.05, 0.1) is 0 Å². The van der Waals surface area contributed by atoms with Crippen molar-refractivity contribution in [1.29, 1.82) is 0 Å². The highest BCUT2D eigenvalue weighted by Crippen LogP contribution is 2.18. The number of benzene rings is 1. The van der Waals surface area contributed by atoms with E-state index in [2.05, 4.69) is 5.32 Å². The van der Waals surface area contributed by atoms with E-state index in [1.54, 1.807) is 11.9 Å². The summed E-state index contributed by atoms with van der Waals surface area (Å²) in [5.41, 5.74) is 0. The van der Waals surface area contributed by atoms with E-state index in [1.807, 2.05) is 0 Å². The van der Waals surface area contributed by atoms with Crippen molar-refractivity contribution < 1.29 is 18.3 Å². The molecule has 0 unspecified atom stereocenters. The van der Waals surface area contributed by atoms with Crippen molar-refractivity contribution in [3.63, 3.8) is 0 Å². The van der Waals surface area contributed by atoms with Crippen LogP contribution in [0.4, 0.5) is 8.78 Å². The van der Waals surface area contributed by atoms with E-state index in [0.717, 1.165) is 38.1 Å². The van der Waals surface area contributed by atoms with E-state index < -0.39 is 11.6 Å². The summed E-state index contributed by atoms with van der Waals surface area (Å²) < 4.78 is 31.2. The number of hydrogen-bond acceptors (Lipinski definition) is 3. The molecule has 7 heteroatoms. The number of likely N-dealkylation sites (N-methyl/N-ethyl adjacent to an activating group) is 1. The molecule has 1 aliphatic heterocycles. The van der Waals surface area contributed by atoms with Gasteiger partial charge in [-0.2, -0.15) is 0 Å². The van der Waals surface area contributed by atoms with Crippen LogP contribution >= 0.6 is 12.4 Å². The fraction of sp³-hybridized carbons (Fsp3) is 0.500. The Hall–Kier alpha value is -1.40. The maximum Gasteiger partial charge on any atom is 0.260 e. The van der Waals surface area contributed by atoms with Crippen LogP contribution in [0.2, 0.25) is 0 Å². The number of nitrogens with zero attached hydrogens (tertiary/aromatic N) is 1. The number of amides is 1. The van der Waals surface area contributed by atoms with Crippen LogP contribution < -0.4 is 10.1 Å². The molecule has 0 atom stereocenters. The molecule has 4 nitrogen and oxygen atoms in total. The number of rotatable bonds is 4. The summed E-state index contributed by atoms with van der Waals surface area (Å²) in [6, 6.07) is 3.20. The lowest BCUT2D eigenvalue weighted by Gasteiger charge is -2.31. The fourth-order valence-corrected chi connectivity index (χ4v) is 2.23. The van der Waals surface area contributed by atoms with Crippen LogP contribution in [0.3, 0.4) is 0 Å². The first-order valence-electron chi connectivity index (χ1n) is 6.62. The van der Waals surface area contributed by atoms with Gasteiger partial charge in [-0.3, -0.25) is 4.79 Å². The van der Waals surface area contributed by atoms with Gasteiger partial charge in [0.15, 0.2) is 18.2 Å². The second kappa shape index (κ2) is 8.14. The molecule has 21 heavy (non-hydrogen) atoms. The molecule has 2 rings (SSSR count). The predicted molar refractivity (Wildman–Crippen MR) is 77.8 cm³/mol. The minimum Gasteiger partial charge on any atom is -0.481 e. The van der Waals surface area contributed by atoms with Gasteiger partial charge in [0, 0.05) is 19.2 Å². The van der Waals surface area contributed by atoms with Gasteiger partial charge in [0.2, 0.25) is 0 Å². The lowest BCUT2D eigenvalue weighted by Crippen LogP contribution is -2.45. The molecule has 1 N–H and O–H groups in total. The molecule has 1 heterocycles. The van der Waals surface area contributed by atoms with Gasteiger partial charge >= 0.3 is 0 Å². The van der Waals surface area contributed by atoms with Crippen LogP contribution in [0.25, 0.3) is 0 Å². The summed E-state index contributed by atoms with van der Waals surface area (Å²) in [5, 5.41) is 3.22. The smallest absolute Gasteiger partial charge is 0.260 e. The zero-order valence-corrected chi connectivity index (χ0v) is 12.6. The lowest BCUT2D eigenvalue weighted by atomic mass is 10.1. The number of carbonyl (C=O) groups is 1. The summed E-state index contributed by atoms with van der Waals surface area (Å²) in [5.74, 6) is -1.80. The SMILES string of the molecule is CN(C(=O)COc1ccc(F)cc1F)C1CCNCC1.Cl. The maximum atomic E-state index is 13.4. The molecule has 1 saturated heterocycles. The minimum absolute atomic E-state index is 0. The Labute approximate surface area is 128 Å². The molecule has 0 spiro atoms. The second-order valence-corrected chi connectivity index (χ2v) is 4.85. The first-order valence-corrected chi connectivity index (χ1v) is 6.62. The summed E-state index contributed by atoms with van der Waals surface area (Å²) in [4.78, 5) is 13.6. The maximum absolute atomic E-state index is 13.4. The molecule has 0 radical (unpaired) electrons. The molecule has 1 amide bonds. The van der Waals surface area contributed by atoms with E-state index in [0.29, 0.717) is 0 Å². The summed E-state index contributed by atoms with van der Waals surface area (Å²) >= 11 is 0. The standard InChI is InChI=1S/C14H18F2N2O2.ClH/c1-18(11-4-6-17-7-5-11)14(19)9-20-13-3-2-10(15)8-12(13)16;/h2-3,8,11,17H,4-7,9H2,1H3;1H. The molecule has 1 fully saturated rings. The van der Waals surface area contributed by atoms with Gasteiger partial charge < -0.3 is 15.0 Å². The fourth-order valence-electron chi connectivity index (χ4n) is 2.23. The molecule has 118 valence electrons. The van der Waals surface area contributed by atoms with Crippen molar-refractivity contribution in [2.75, 3.05) is 26.7 Å². The average Bonchev–Trinajstić information content (AvgIpc) is 2.46. The Morgan fingerprint density at radius 3 is 2.67 bits per heavy atom. The molecule has 0 bridgehead atoms. The van der Waals surface area contributed by atoms with Crippen molar-refractivity contribution in [1.82, 2.24) is 10.2 Å². The third-order valence-corrected chi connectivity index (χ3v) is 3.49. The van der Waals surface area contributed by atoms with Crippen LogP contribution in [-0.4, -0.2) is 43.6 Å². The summed E-state index contributed by atoms with van der Waals surface area (Å²) in [7, 11) is 1.72. The van der Waals surface area contributed by atoms with Gasteiger partial charge in [0.25, 0.3) is 5.91 Å². The van der Waals surface area contributed by atoms with Crippen LogP contribution in [-0.2, 0) is 4.79 Å². The van der Waals surface area contributed by atoms with Crippen LogP contribution in [0.15, 0.2) is 18.2 Å². The quantitative estimate of drug-likeness (QED) is 0.922. The van der Waals surface area contributed by atoms with Gasteiger partial charge in [0.1, 0.15) is 5.82 Å². The third-order valence-electron chi connectivity index (χ3n) is 3.49. The Morgan fingerprint density at radius 2 is 2.05 bits per heavy atom. The molecule has 1 aliphatic rings. The molecular weight excluding hydrogens is 302 g/mol. The Morgan fingerprint density at radius 1 is 1.38 bits per heavy atom. The van der Waals surface area contributed by atoms with Crippen molar-refractivity contribution in [3.8, 4) is 5.75 Å². The zero-order chi connectivity index (χ0) is 14.5. The summed E-state index contributed by atoms with van der Waals surface area (Å²) in [6.45, 7) is 1.52. The first-order chi connectivity index (χ1) is 9.58. The van der Waals surface area contributed by atoms with E-state index in [-0.39, 0.29) is 36.7 Å². The molecular formula is C14H19ClF2N2O2. The third kappa shape index (κ3) is 4.82.